The number of fused-ring (bicyclic) bond motifs is 4. The van der Waals surface area contributed by atoms with Gasteiger partial charge >= 0.3 is 5.97 Å². The third kappa shape index (κ3) is 14.8. The molecule has 2 aromatic heterocycles. The number of ether oxygens (including phenoxy) is 9. The summed E-state index contributed by atoms with van der Waals surface area (Å²) in [5.41, 5.74) is 4.84. The van der Waals surface area contributed by atoms with Crippen molar-refractivity contribution in [1.82, 2.24) is 24.4 Å². The van der Waals surface area contributed by atoms with Crippen LogP contribution >= 0.6 is 0 Å². The average molecular weight is 1110 g/mol. The van der Waals surface area contributed by atoms with E-state index in [1.165, 1.54) is 26.4 Å². The molecule has 0 aliphatic carbocycles. The lowest BCUT2D eigenvalue weighted by atomic mass is 10.1. The minimum atomic E-state index is -0.745. The van der Waals surface area contributed by atoms with Crippen molar-refractivity contribution in [2.24, 2.45) is 9.98 Å². The minimum Gasteiger partial charge on any atom is -0.493 e. The lowest BCUT2D eigenvalue weighted by Crippen LogP contribution is -2.36. The van der Waals surface area contributed by atoms with E-state index in [0.29, 0.717) is 126 Å². The summed E-state index contributed by atoms with van der Waals surface area (Å²) in [6.07, 6.45) is 9.11. The summed E-state index contributed by atoms with van der Waals surface area (Å²) < 4.78 is 52.8. The van der Waals surface area contributed by atoms with Gasteiger partial charge in [-0.15, -0.1) is 4.73 Å². The van der Waals surface area contributed by atoms with E-state index in [9.17, 15) is 29.4 Å². The van der Waals surface area contributed by atoms with Crippen LogP contribution in [0.15, 0.2) is 81.8 Å². The molecule has 2 atom stereocenters. The molecule has 23 heteroatoms. The molecule has 0 radical (unpaired) electrons. The highest BCUT2D eigenvalue weighted by Crippen LogP contribution is 2.41. The summed E-state index contributed by atoms with van der Waals surface area (Å²) in [6.45, 7) is 7.44. The number of nitrogens with zero attached hydrogens (tertiary/aromatic N) is 7. The van der Waals surface area contributed by atoms with Crippen molar-refractivity contribution in [2.75, 3.05) is 100 Å². The van der Waals surface area contributed by atoms with Crippen molar-refractivity contribution in [3.63, 3.8) is 0 Å². The molecule has 2 fully saturated rings. The summed E-state index contributed by atoms with van der Waals surface area (Å²) >= 11 is 0. The van der Waals surface area contributed by atoms with Crippen LogP contribution in [0.2, 0.25) is 0 Å². The number of aromatic nitrogens is 2. The number of aromatic hydroxyl groups is 2. The second-order valence-electron chi connectivity index (χ2n) is 19.0. The standard InChI is InChI=1S/C57H69N7O16/c1-6-37-23-41-31-58-46-29-50(48(72-4)27-44(46)56(69)62(41)33-37)78-35-39-25-43(26-40(60-39)36-79-51-30-47-45(28-49(51)73-5)57(70)63-34-38(7-2)24-42(63)32-59-47)77-16-14-61(13-8-9-55(68)80-64-53(66)10-11-54(64)67)52(65)12-15-74-19-20-76-22-21-75-18-17-71-3/h6-7,10-11,25-32,41-42,66-67H,8-9,12-24,33-36H2,1-5H3/t41-,42-/m0/s1. The van der Waals surface area contributed by atoms with E-state index >= 15 is 0 Å². The van der Waals surface area contributed by atoms with E-state index in [4.69, 9.17) is 62.4 Å². The van der Waals surface area contributed by atoms with Gasteiger partial charge in [-0.1, -0.05) is 23.3 Å². The van der Waals surface area contributed by atoms with Crippen LogP contribution in [0.1, 0.15) is 78.1 Å². The predicted octanol–water partition coefficient (Wildman–Crippen LogP) is 5.95. The van der Waals surface area contributed by atoms with Crippen molar-refractivity contribution in [3.05, 3.63) is 94.3 Å². The van der Waals surface area contributed by atoms with Crippen LogP contribution in [-0.2, 0) is 41.8 Å². The van der Waals surface area contributed by atoms with E-state index in [2.05, 4.69) is 0 Å². The molecule has 23 nitrogen and oxygen atoms in total. The van der Waals surface area contributed by atoms with Gasteiger partial charge in [0.15, 0.2) is 23.0 Å². The molecular formula is C57H69N7O16. The molecule has 2 N–H and O–H groups in total. The molecule has 0 spiro atoms. The fourth-order valence-electron chi connectivity index (χ4n) is 9.38. The number of carbonyl (C=O) groups excluding carboxylic acids is 4. The highest BCUT2D eigenvalue weighted by molar-refractivity contribution is 6.05. The zero-order chi connectivity index (χ0) is 56.5. The Hall–Kier alpha value is -7.99. The quantitative estimate of drug-likeness (QED) is 0.0470. The number of carbonyl (C=O) groups is 4. The third-order valence-electron chi connectivity index (χ3n) is 13.7. The maximum absolute atomic E-state index is 13.8. The van der Waals surface area contributed by atoms with Gasteiger partial charge < -0.3 is 72.4 Å². The molecule has 3 amide bonds. The van der Waals surface area contributed by atoms with Crippen molar-refractivity contribution in [3.8, 4) is 40.5 Å². The van der Waals surface area contributed by atoms with Crippen molar-refractivity contribution < 1.29 is 76.9 Å². The van der Waals surface area contributed by atoms with E-state index in [1.807, 2.05) is 26.0 Å². The molecular weight excluding hydrogens is 1040 g/mol. The highest BCUT2D eigenvalue weighted by atomic mass is 16.7. The maximum Gasteiger partial charge on any atom is 0.333 e. The van der Waals surface area contributed by atoms with Crippen molar-refractivity contribution in [2.45, 2.75) is 71.2 Å². The Morgan fingerprint density at radius 1 is 0.637 bits per heavy atom. The normalized spacial score (nSPS) is 17.2. The second kappa shape index (κ2) is 28.2. The Balaban J connectivity index is 0.981. The Morgan fingerprint density at radius 3 is 1.65 bits per heavy atom. The van der Waals surface area contributed by atoms with E-state index in [1.54, 1.807) is 70.6 Å². The smallest absolute Gasteiger partial charge is 0.333 e. The number of pyridine rings is 1. The molecule has 8 rings (SSSR count). The van der Waals surface area contributed by atoms with Crippen molar-refractivity contribution in [1.29, 1.82) is 0 Å². The van der Waals surface area contributed by atoms with Crippen LogP contribution in [0.5, 0.6) is 40.5 Å². The monoisotopic (exact) mass is 1110 g/mol. The molecule has 0 unspecified atom stereocenters. The molecule has 4 aliphatic rings. The molecule has 80 heavy (non-hydrogen) atoms. The van der Waals surface area contributed by atoms with Gasteiger partial charge in [-0.3, -0.25) is 29.4 Å². The first-order valence-electron chi connectivity index (χ1n) is 26.5. The number of hydrogen-bond acceptors (Lipinski definition) is 19. The van der Waals surface area contributed by atoms with Crippen LogP contribution in [0.25, 0.3) is 0 Å². The minimum absolute atomic E-state index is 0.00349. The Kier molecular flexibility index (Phi) is 20.5. The SMILES string of the molecule is CC=C1C[C@H]2C=Nc3cc(OCc4cc(OCCN(CCCC(=O)On5c(O)ccc5O)C(=O)CCOCCOCCOCCOC)cc(COc5cc6c(cc5OC)C(=O)N5CC(=CC)C[C@H]5C=N6)n4)c(OC)cc3C(=O)N2C1. The second-order valence-corrected chi connectivity index (χ2v) is 19.0. The van der Waals surface area contributed by atoms with Gasteiger partial charge in [0.25, 0.3) is 11.8 Å². The zero-order valence-corrected chi connectivity index (χ0v) is 45.8. The Labute approximate surface area is 463 Å². The van der Waals surface area contributed by atoms with Gasteiger partial charge in [0, 0.05) is 82.0 Å². The lowest BCUT2D eigenvalue weighted by Gasteiger charge is -2.23. The average Bonchev–Trinajstić information content (AvgIpc) is 4.16. The van der Waals surface area contributed by atoms with Gasteiger partial charge in [0.2, 0.25) is 17.7 Å². The molecule has 4 aliphatic heterocycles. The van der Waals surface area contributed by atoms with Crippen molar-refractivity contribution >= 4 is 47.5 Å². The van der Waals surface area contributed by atoms with E-state index in [0.717, 1.165) is 11.1 Å². The number of methoxy groups -OCH3 is 3. The van der Waals surface area contributed by atoms with Gasteiger partial charge in [0.1, 0.15) is 25.6 Å². The highest BCUT2D eigenvalue weighted by Gasteiger charge is 2.36. The summed E-state index contributed by atoms with van der Waals surface area (Å²) in [4.78, 5) is 78.7. The number of allylic oxidation sites excluding steroid dienone is 2. The molecule has 0 saturated carbocycles. The summed E-state index contributed by atoms with van der Waals surface area (Å²) in [7, 11) is 4.59. The first kappa shape index (κ1) is 58.2. The molecule has 2 aromatic carbocycles. The Morgan fingerprint density at radius 2 is 1.15 bits per heavy atom. The number of benzene rings is 2. The topological polar surface area (TPSA) is 253 Å². The fraction of sp³-hybridized carbons (Fsp3) is 0.456. The first-order valence-corrected chi connectivity index (χ1v) is 26.5. The van der Waals surface area contributed by atoms with Crippen LogP contribution in [0.4, 0.5) is 11.4 Å². The largest absolute Gasteiger partial charge is 0.493 e. The third-order valence-corrected chi connectivity index (χ3v) is 13.7. The van der Waals surface area contributed by atoms with Gasteiger partial charge in [-0.05, 0) is 45.2 Å². The van der Waals surface area contributed by atoms with Crippen LogP contribution < -0.4 is 28.5 Å². The number of aliphatic imine (C=N–C) groups is 2. The van der Waals surface area contributed by atoms with Crippen LogP contribution in [0.3, 0.4) is 0 Å². The van der Waals surface area contributed by atoms with Gasteiger partial charge in [-0.2, -0.15) is 0 Å². The Bertz CT molecular complexity index is 2820. The lowest BCUT2D eigenvalue weighted by molar-refractivity contribution is -0.146. The molecule has 0 bridgehead atoms. The summed E-state index contributed by atoms with van der Waals surface area (Å²) in [5, 5.41) is 19.9. The fourth-order valence-corrected chi connectivity index (χ4v) is 9.38. The molecule has 428 valence electrons. The summed E-state index contributed by atoms with van der Waals surface area (Å²) in [5.74, 6) is -0.577. The van der Waals surface area contributed by atoms with Gasteiger partial charge in [-0.25, -0.2) is 4.79 Å². The maximum atomic E-state index is 13.8. The van der Waals surface area contributed by atoms with Crippen LogP contribution in [0, 0.1) is 0 Å². The first-order chi connectivity index (χ1) is 38.9. The summed E-state index contributed by atoms with van der Waals surface area (Å²) in [6, 6.07) is 12.0. The zero-order valence-electron chi connectivity index (χ0n) is 45.8. The number of amides is 3. The van der Waals surface area contributed by atoms with E-state index in [-0.39, 0.29) is 95.2 Å². The number of hydrogen-bond donors (Lipinski definition) is 2. The van der Waals surface area contributed by atoms with E-state index < -0.39 is 17.7 Å². The van der Waals surface area contributed by atoms with Crippen LogP contribution in [-0.4, -0.2) is 183 Å². The predicted molar refractivity (Wildman–Crippen MR) is 291 cm³/mol. The van der Waals surface area contributed by atoms with Gasteiger partial charge in [0.05, 0.1) is 119 Å². The molecule has 2 saturated heterocycles. The molecule has 6 heterocycles. The number of rotatable bonds is 29. The molecule has 4 aromatic rings.